The van der Waals surface area contributed by atoms with Gasteiger partial charge in [0.15, 0.2) is 18.1 Å². The maximum atomic E-state index is 12.4. The first-order chi connectivity index (χ1) is 12.6. The van der Waals surface area contributed by atoms with Crippen LogP contribution in [0.1, 0.15) is 42.5 Å². The summed E-state index contributed by atoms with van der Waals surface area (Å²) in [5.74, 6) is 0.163. The second-order valence-corrected chi connectivity index (χ2v) is 6.11. The normalized spacial score (nSPS) is 14.8. The molecule has 0 unspecified atom stereocenters. The van der Waals surface area contributed by atoms with Crippen molar-refractivity contribution in [2.24, 2.45) is 0 Å². The number of benzene rings is 1. The molecule has 1 aromatic carbocycles. The molecule has 0 spiro atoms. The van der Waals surface area contributed by atoms with Gasteiger partial charge in [-0.25, -0.2) is 4.79 Å². The average molecular weight is 365 g/mol. The van der Waals surface area contributed by atoms with Gasteiger partial charge in [-0.3, -0.25) is 4.79 Å². The van der Waals surface area contributed by atoms with Crippen molar-refractivity contribution < 1.29 is 28.5 Å². The zero-order valence-corrected chi connectivity index (χ0v) is 15.7. The maximum absolute atomic E-state index is 12.4. The monoisotopic (exact) mass is 365 g/mol. The molecule has 0 aliphatic carbocycles. The Bertz CT molecular complexity index is 623. The minimum Gasteiger partial charge on any atom is -0.493 e. The highest BCUT2D eigenvalue weighted by Crippen LogP contribution is 2.39. The summed E-state index contributed by atoms with van der Waals surface area (Å²) in [5, 5.41) is 0. The van der Waals surface area contributed by atoms with E-state index in [1.165, 1.54) is 33.8 Å². The molecule has 1 saturated heterocycles. The molecule has 144 valence electrons. The van der Waals surface area contributed by atoms with Crippen LogP contribution in [0, 0.1) is 0 Å². The Hall–Kier alpha value is -2.44. The smallest absolute Gasteiger partial charge is 0.342 e. The van der Waals surface area contributed by atoms with E-state index < -0.39 is 5.97 Å². The molecule has 0 saturated carbocycles. The predicted octanol–water partition coefficient (Wildman–Crippen LogP) is 2.66. The van der Waals surface area contributed by atoms with Crippen molar-refractivity contribution >= 4 is 11.9 Å². The number of likely N-dealkylation sites (tertiary alicyclic amines) is 1. The Morgan fingerprint density at radius 1 is 0.885 bits per heavy atom. The van der Waals surface area contributed by atoms with Crippen LogP contribution in [0.15, 0.2) is 12.1 Å². The fourth-order valence-electron chi connectivity index (χ4n) is 3.06. The lowest BCUT2D eigenvalue weighted by Crippen LogP contribution is -2.37. The van der Waals surface area contributed by atoms with Crippen LogP contribution in [0.25, 0.3) is 0 Å². The van der Waals surface area contributed by atoms with Crippen LogP contribution in [0.4, 0.5) is 0 Å². The highest BCUT2D eigenvalue weighted by molar-refractivity contribution is 5.95. The Morgan fingerprint density at radius 3 is 2.08 bits per heavy atom. The number of carbonyl (C=O) groups is 2. The number of esters is 1. The van der Waals surface area contributed by atoms with Gasteiger partial charge in [-0.15, -0.1) is 0 Å². The lowest BCUT2D eigenvalue weighted by Gasteiger charge is -2.24. The maximum Gasteiger partial charge on any atom is 0.342 e. The fourth-order valence-corrected chi connectivity index (χ4v) is 3.06. The van der Waals surface area contributed by atoms with E-state index in [1.54, 1.807) is 11.0 Å². The van der Waals surface area contributed by atoms with E-state index in [0.29, 0.717) is 11.5 Å². The van der Waals surface area contributed by atoms with Crippen molar-refractivity contribution in [2.75, 3.05) is 41.0 Å². The molecule has 1 amide bonds. The summed E-state index contributed by atoms with van der Waals surface area (Å²) in [4.78, 5) is 26.6. The Kier molecular flexibility index (Phi) is 7.56. The lowest BCUT2D eigenvalue weighted by molar-refractivity contribution is -0.134. The summed E-state index contributed by atoms with van der Waals surface area (Å²) in [6, 6.07) is 3.13. The third kappa shape index (κ3) is 4.80. The first-order valence-corrected chi connectivity index (χ1v) is 8.86. The van der Waals surface area contributed by atoms with Gasteiger partial charge in [0.25, 0.3) is 5.91 Å². The van der Waals surface area contributed by atoms with Gasteiger partial charge in [-0.1, -0.05) is 19.3 Å². The summed E-state index contributed by atoms with van der Waals surface area (Å²) < 4.78 is 21.0. The molecular formula is C19H27NO6. The third-order valence-electron chi connectivity index (χ3n) is 4.46. The summed E-state index contributed by atoms with van der Waals surface area (Å²) in [6.07, 6.45) is 5.46. The number of amides is 1. The van der Waals surface area contributed by atoms with Gasteiger partial charge >= 0.3 is 5.97 Å². The molecule has 2 rings (SSSR count). The fraction of sp³-hybridized carbons (Fsp3) is 0.579. The molecule has 1 heterocycles. The Balaban J connectivity index is 2.04. The molecule has 1 fully saturated rings. The van der Waals surface area contributed by atoms with Gasteiger partial charge in [0.2, 0.25) is 5.75 Å². The second kappa shape index (κ2) is 9.89. The number of hydrogen-bond acceptors (Lipinski definition) is 6. The van der Waals surface area contributed by atoms with E-state index in [2.05, 4.69) is 0 Å². The highest BCUT2D eigenvalue weighted by Gasteiger charge is 2.23. The molecule has 0 atom stereocenters. The van der Waals surface area contributed by atoms with Crippen LogP contribution in [0.2, 0.25) is 0 Å². The zero-order chi connectivity index (χ0) is 18.9. The van der Waals surface area contributed by atoms with Crippen LogP contribution < -0.4 is 14.2 Å². The van der Waals surface area contributed by atoms with E-state index in [1.807, 2.05) is 0 Å². The second-order valence-electron chi connectivity index (χ2n) is 6.11. The summed E-state index contributed by atoms with van der Waals surface area (Å²) in [7, 11) is 4.39. The van der Waals surface area contributed by atoms with Gasteiger partial charge < -0.3 is 23.8 Å². The van der Waals surface area contributed by atoms with Crippen LogP contribution in [0.5, 0.6) is 17.2 Å². The molecule has 0 radical (unpaired) electrons. The topological polar surface area (TPSA) is 74.3 Å². The quantitative estimate of drug-likeness (QED) is 0.722. The lowest BCUT2D eigenvalue weighted by atomic mass is 10.1. The highest BCUT2D eigenvalue weighted by atomic mass is 16.5. The molecule has 1 aliphatic heterocycles. The first-order valence-electron chi connectivity index (χ1n) is 8.86. The number of carbonyl (C=O) groups excluding carboxylic acids is 2. The van der Waals surface area contributed by atoms with E-state index in [9.17, 15) is 9.59 Å². The van der Waals surface area contributed by atoms with Crippen LogP contribution in [-0.4, -0.2) is 57.8 Å². The molecule has 1 aliphatic rings. The van der Waals surface area contributed by atoms with Crippen molar-refractivity contribution in [3.05, 3.63) is 17.7 Å². The van der Waals surface area contributed by atoms with Gasteiger partial charge in [-0.05, 0) is 25.0 Å². The summed E-state index contributed by atoms with van der Waals surface area (Å²) in [6.45, 7) is 1.16. The minimum absolute atomic E-state index is 0.167. The number of rotatable bonds is 6. The predicted molar refractivity (Wildman–Crippen MR) is 96.0 cm³/mol. The molecule has 7 nitrogen and oxygen atoms in total. The van der Waals surface area contributed by atoms with Crippen LogP contribution >= 0.6 is 0 Å². The number of ether oxygens (including phenoxy) is 4. The number of methoxy groups -OCH3 is 3. The average Bonchev–Trinajstić information content (AvgIpc) is 2.64. The molecule has 1 aromatic rings. The molecule has 26 heavy (non-hydrogen) atoms. The first kappa shape index (κ1) is 19.9. The zero-order valence-electron chi connectivity index (χ0n) is 15.7. The summed E-state index contributed by atoms with van der Waals surface area (Å²) in [5.41, 5.74) is 0.186. The standard InChI is InChI=1S/C19H27NO6/c1-23-15-10-9-14(17(24-2)18(15)25-3)19(22)26-13-16(21)20-11-7-5-4-6-8-12-20/h9-10H,4-8,11-13H2,1-3H3. The molecule has 0 aromatic heterocycles. The van der Waals surface area contributed by atoms with Crippen molar-refractivity contribution in [1.82, 2.24) is 4.90 Å². The molecule has 0 bridgehead atoms. The van der Waals surface area contributed by atoms with Crippen LogP contribution in [0.3, 0.4) is 0 Å². The Morgan fingerprint density at radius 2 is 1.50 bits per heavy atom. The van der Waals surface area contributed by atoms with Crippen LogP contribution in [-0.2, 0) is 9.53 Å². The van der Waals surface area contributed by atoms with Crippen molar-refractivity contribution in [3.8, 4) is 17.2 Å². The molecular weight excluding hydrogens is 338 g/mol. The Labute approximate surface area is 154 Å². The van der Waals surface area contributed by atoms with Gasteiger partial charge in [-0.2, -0.15) is 0 Å². The van der Waals surface area contributed by atoms with E-state index in [4.69, 9.17) is 18.9 Å². The van der Waals surface area contributed by atoms with Crippen molar-refractivity contribution in [3.63, 3.8) is 0 Å². The largest absolute Gasteiger partial charge is 0.493 e. The van der Waals surface area contributed by atoms with Gasteiger partial charge in [0, 0.05) is 13.1 Å². The van der Waals surface area contributed by atoms with Gasteiger partial charge in [0.05, 0.1) is 21.3 Å². The molecule has 7 heteroatoms. The third-order valence-corrected chi connectivity index (χ3v) is 4.46. The van der Waals surface area contributed by atoms with E-state index in [0.717, 1.165) is 38.8 Å². The SMILES string of the molecule is COc1ccc(C(=O)OCC(=O)N2CCCCCCC2)c(OC)c1OC. The summed E-state index contributed by atoms with van der Waals surface area (Å²) >= 11 is 0. The van der Waals surface area contributed by atoms with E-state index >= 15 is 0 Å². The number of nitrogens with zero attached hydrogens (tertiary/aromatic N) is 1. The number of hydrogen-bond donors (Lipinski definition) is 0. The van der Waals surface area contributed by atoms with E-state index in [-0.39, 0.29) is 23.8 Å². The van der Waals surface area contributed by atoms with Crippen molar-refractivity contribution in [2.45, 2.75) is 32.1 Å². The van der Waals surface area contributed by atoms with Crippen molar-refractivity contribution in [1.29, 1.82) is 0 Å². The minimum atomic E-state index is -0.636. The molecule has 0 N–H and O–H groups in total. The van der Waals surface area contributed by atoms with Gasteiger partial charge in [0.1, 0.15) is 5.56 Å².